The van der Waals surface area contributed by atoms with Gasteiger partial charge in [-0.25, -0.2) is 0 Å². The van der Waals surface area contributed by atoms with Crippen molar-refractivity contribution in [2.24, 2.45) is 0 Å². The van der Waals surface area contributed by atoms with E-state index in [0.29, 0.717) is 17.0 Å². The maximum Gasteiger partial charge on any atom is 0.168 e. The maximum atomic E-state index is 11.5. The molecule has 68 valence electrons. The molecule has 0 radical (unpaired) electrons. The predicted octanol–water partition coefficient (Wildman–Crippen LogP) is 3.49. The van der Waals surface area contributed by atoms with Crippen molar-refractivity contribution < 1.29 is 4.79 Å². The Hall–Kier alpha value is -1.08. The second kappa shape index (κ2) is 4.83. The van der Waals surface area contributed by atoms with Gasteiger partial charge in [0.25, 0.3) is 0 Å². The van der Waals surface area contributed by atoms with Gasteiger partial charge in [-0.2, -0.15) is 0 Å². The topological polar surface area (TPSA) is 17.1 Å². The Bertz CT molecular complexity index is 329. The van der Waals surface area contributed by atoms with Gasteiger partial charge >= 0.3 is 0 Å². The minimum absolute atomic E-state index is 0.0590. The van der Waals surface area contributed by atoms with Gasteiger partial charge in [-0.1, -0.05) is 35.9 Å². The summed E-state index contributed by atoms with van der Waals surface area (Å²) in [5.74, 6) is 0.0590. The molecule has 0 aliphatic carbocycles. The van der Waals surface area contributed by atoms with E-state index in [2.05, 4.69) is 0 Å². The Morgan fingerprint density at radius 3 is 2.77 bits per heavy atom. The molecule has 0 aliphatic rings. The molecule has 2 heteroatoms. The normalized spacial score (nSPS) is 10.6. The van der Waals surface area contributed by atoms with Gasteiger partial charge < -0.3 is 0 Å². The van der Waals surface area contributed by atoms with Gasteiger partial charge in [0.15, 0.2) is 5.78 Å². The molecule has 0 saturated carbocycles. The summed E-state index contributed by atoms with van der Waals surface area (Å²) in [5, 5.41) is 0.525. The highest BCUT2D eigenvalue weighted by Crippen LogP contribution is 2.16. The molecular formula is C11H11ClO. The lowest BCUT2D eigenvalue weighted by atomic mass is 10.1. The highest BCUT2D eigenvalue weighted by molar-refractivity contribution is 6.34. The van der Waals surface area contributed by atoms with E-state index in [1.807, 2.05) is 31.2 Å². The van der Waals surface area contributed by atoms with Crippen LogP contribution in [0.2, 0.25) is 5.02 Å². The number of allylic oxidation sites excluding steroid dienone is 2. The van der Waals surface area contributed by atoms with Crippen LogP contribution in [0.25, 0.3) is 0 Å². The maximum absolute atomic E-state index is 11.5. The van der Waals surface area contributed by atoms with E-state index in [0.717, 1.165) is 0 Å². The number of hydrogen-bond acceptors (Lipinski definition) is 1. The zero-order chi connectivity index (χ0) is 9.68. The molecule has 0 aliphatic heterocycles. The van der Waals surface area contributed by atoms with E-state index in [1.54, 1.807) is 12.1 Å². The largest absolute Gasteiger partial charge is 0.294 e. The number of ketones is 1. The fourth-order valence-corrected chi connectivity index (χ4v) is 1.26. The average Bonchev–Trinajstić information content (AvgIpc) is 2.15. The monoisotopic (exact) mass is 194 g/mol. The van der Waals surface area contributed by atoms with Crippen LogP contribution >= 0.6 is 11.6 Å². The first kappa shape index (κ1) is 10.0. The van der Waals surface area contributed by atoms with Crippen LogP contribution in [0.5, 0.6) is 0 Å². The third kappa shape index (κ3) is 2.71. The van der Waals surface area contributed by atoms with Crippen molar-refractivity contribution in [1.29, 1.82) is 0 Å². The molecule has 0 unspecified atom stereocenters. The first-order valence-corrected chi connectivity index (χ1v) is 4.52. The quantitative estimate of drug-likeness (QED) is 0.532. The molecule has 0 saturated heterocycles. The summed E-state index contributed by atoms with van der Waals surface area (Å²) in [7, 11) is 0. The second-order valence-corrected chi connectivity index (χ2v) is 3.08. The Balaban J connectivity index is 2.83. The first-order chi connectivity index (χ1) is 6.25. The molecule has 1 aromatic rings. The zero-order valence-electron chi connectivity index (χ0n) is 7.46. The van der Waals surface area contributed by atoms with E-state index < -0.39 is 0 Å². The van der Waals surface area contributed by atoms with Gasteiger partial charge in [-0.05, 0) is 19.1 Å². The Morgan fingerprint density at radius 2 is 2.15 bits per heavy atom. The number of benzene rings is 1. The van der Waals surface area contributed by atoms with Crippen LogP contribution in [0.4, 0.5) is 0 Å². The molecular weight excluding hydrogens is 184 g/mol. The smallest absolute Gasteiger partial charge is 0.168 e. The predicted molar refractivity (Wildman–Crippen MR) is 55.2 cm³/mol. The summed E-state index contributed by atoms with van der Waals surface area (Å²) in [5.41, 5.74) is 0.599. The molecule has 0 amide bonds. The Kier molecular flexibility index (Phi) is 3.71. The molecule has 1 nitrogen and oxygen atoms in total. The van der Waals surface area contributed by atoms with Gasteiger partial charge in [0, 0.05) is 12.0 Å². The van der Waals surface area contributed by atoms with Gasteiger partial charge in [0.1, 0.15) is 0 Å². The zero-order valence-corrected chi connectivity index (χ0v) is 8.21. The number of hydrogen-bond donors (Lipinski definition) is 0. The third-order valence-corrected chi connectivity index (χ3v) is 2.04. The molecule has 0 atom stereocenters. The molecule has 0 heterocycles. The molecule has 0 spiro atoms. The summed E-state index contributed by atoms with van der Waals surface area (Å²) in [6.07, 6.45) is 4.10. The molecule has 0 N–H and O–H groups in total. The van der Waals surface area contributed by atoms with Gasteiger partial charge in [-0.3, -0.25) is 4.79 Å². The van der Waals surface area contributed by atoms with Crippen LogP contribution in [-0.2, 0) is 0 Å². The van der Waals surface area contributed by atoms with Crippen molar-refractivity contribution in [1.82, 2.24) is 0 Å². The minimum Gasteiger partial charge on any atom is -0.294 e. The molecule has 0 bridgehead atoms. The Morgan fingerprint density at radius 1 is 1.46 bits per heavy atom. The van der Waals surface area contributed by atoms with Crippen LogP contribution in [0, 0.1) is 0 Å². The lowest BCUT2D eigenvalue weighted by Crippen LogP contribution is -1.97. The van der Waals surface area contributed by atoms with E-state index in [9.17, 15) is 4.79 Å². The summed E-state index contributed by atoms with van der Waals surface area (Å²) >= 11 is 5.85. The van der Waals surface area contributed by atoms with Crippen LogP contribution in [-0.4, -0.2) is 5.78 Å². The fourth-order valence-electron chi connectivity index (χ4n) is 1.02. The molecule has 0 fully saturated rings. The lowest BCUT2D eigenvalue weighted by Gasteiger charge is -1.99. The third-order valence-electron chi connectivity index (χ3n) is 1.71. The van der Waals surface area contributed by atoms with Crippen molar-refractivity contribution in [3.63, 3.8) is 0 Å². The summed E-state index contributed by atoms with van der Waals surface area (Å²) in [6.45, 7) is 1.89. The second-order valence-electron chi connectivity index (χ2n) is 2.68. The number of rotatable bonds is 3. The molecule has 0 aromatic heterocycles. The van der Waals surface area contributed by atoms with Crippen molar-refractivity contribution >= 4 is 17.4 Å². The van der Waals surface area contributed by atoms with Crippen molar-refractivity contribution in [2.45, 2.75) is 13.3 Å². The molecule has 13 heavy (non-hydrogen) atoms. The molecule has 1 rings (SSSR count). The SMILES string of the molecule is C/C=C/CC(=O)c1ccccc1Cl. The van der Waals surface area contributed by atoms with E-state index in [-0.39, 0.29) is 5.78 Å². The van der Waals surface area contributed by atoms with Crippen molar-refractivity contribution in [3.05, 3.63) is 47.0 Å². The highest BCUT2D eigenvalue weighted by Gasteiger charge is 2.06. The first-order valence-electron chi connectivity index (χ1n) is 4.14. The Labute approximate surface area is 83.0 Å². The van der Waals surface area contributed by atoms with Gasteiger partial charge in [0.2, 0.25) is 0 Å². The van der Waals surface area contributed by atoms with Crippen LogP contribution in [0.1, 0.15) is 23.7 Å². The number of carbonyl (C=O) groups excluding carboxylic acids is 1. The lowest BCUT2D eigenvalue weighted by molar-refractivity contribution is 0.0996. The van der Waals surface area contributed by atoms with Crippen LogP contribution in [0.15, 0.2) is 36.4 Å². The molecule has 1 aromatic carbocycles. The van der Waals surface area contributed by atoms with E-state index >= 15 is 0 Å². The van der Waals surface area contributed by atoms with Crippen molar-refractivity contribution in [2.75, 3.05) is 0 Å². The summed E-state index contributed by atoms with van der Waals surface area (Å²) in [4.78, 5) is 11.5. The number of halogens is 1. The van der Waals surface area contributed by atoms with Crippen molar-refractivity contribution in [3.8, 4) is 0 Å². The van der Waals surface area contributed by atoms with E-state index in [1.165, 1.54) is 0 Å². The average molecular weight is 195 g/mol. The minimum atomic E-state index is 0.0590. The summed E-state index contributed by atoms with van der Waals surface area (Å²) < 4.78 is 0. The fraction of sp³-hybridized carbons (Fsp3) is 0.182. The summed E-state index contributed by atoms with van der Waals surface area (Å²) in [6, 6.07) is 7.10. The van der Waals surface area contributed by atoms with Gasteiger partial charge in [-0.15, -0.1) is 0 Å². The standard InChI is InChI=1S/C11H11ClO/c1-2-3-8-11(13)9-6-4-5-7-10(9)12/h2-7H,8H2,1H3/b3-2+. The van der Waals surface area contributed by atoms with Crippen LogP contribution < -0.4 is 0 Å². The van der Waals surface area contributed by atoms with E-state index in [4.69, 9.17) is 11.6 Å². The number of Topliss-reactive ketones (excluding diaryl/α,β-unsaturated/α-hetero) is 1. The van der Waals surface area contributed by atoms with Crippen LogP contribution in [0.3, 0.4) is 0 Å². The number of carbonyl (C=O) groups is 1. The highest BCUT2D eigenvalue weighted by atomic mass is 35.5. The van der Waals surface area contributed by atoms with Gasteiger partial charge in [0.05, 0.1) is 5.02 Å².